The van der Waals surface area contributed by atoms with Crippen LogP contribution in [0, 0.1) is 11.8 Å². The minimum absolute atomic E-state index is 0.0453. The molecule has 1 aliphatic rings. The molecule has 0 aromatic heterocycles. The van der Waals surface area contributed by atoms with Gasteiger partial charge in [-0.25, -0.2) is 4.79 Å². The molecule has 216 valence electrons. The predicted molar refractivity (Wildman–Crippen MR) is 158 cm³/mol. The van der Waals surface area contributed by atoms with Gasteiger partial charge in [0.2, 0.25) is 5.91 Å². The molecule has 1 aliphatic carbocycles. The molecule has 2 amide bonds. The fourth-order valence-electron chi connectivity index (χ4n) is 5.37. The Bertz CT molecular complexity index is 1300. The Kier molecular flexibility index (Phi) is 10.1. The zero-order valence-corrected chi connectivity index (χ0v) is 23.9. The lowest BCUT2D eigenvalue weighted by atomic mass is 9.92. The Labute approximate surface area is 241 Å². The maximum absolute atomic E-state index is 13.3. The van der Waals surface area contributed by atoms with E-state index in [-0.39, 0.29) is 49.8 Å². The minimum atomic E-state index is -0.908. The lowest BCUT2D eigenvalue weighted by Crippen LogP contribution is -2.53. The van der Waals surface area contributed by atoms with Gasteiger partial charge in [0.25, 0.3) is 0 Å². The monoisotopic (exact) mass is 557 g/mol. The third kappa shape index (κ3) is 7.95. The Morgan fingerprint density at radius 3 is 2.07 bits per heavy atom. The average molecular weight is 558 g/mol. The largest absolute Gasteiger partial charge is 0.481 e. The Balaban J connectivity index is 1.42. The van der Waals surface area contributed by atoms with Gasteiger partial charge in [-0.3, -0.25) is 14.5 Å². The molecule has 0 aliphatic heterocycles. The van der Waals surface area contributed by atoms with Crippen LogP contribution in [0.25, 0.3) is 11.1 Å². The molecule has 3 aromatic rings. The number of rotatable bonds is 13. The maximum atomic E-state index is 13.3. The van der Waals surface area contributed by atoms with Crippen LogP contribution in [-0.2, 0) is 20.9 Å². The zero-order valence-electron chi connectivity index (χ0n) is 23.9. The van der Waals surface area contributed by atoms with Gasteiger partial charge in [0.15, 0.2) is 0 Å². The van der Waals surface area contributed by atoms with Gasteiger partial charge in [-0.15, -0.1) is 0 Å². The fraction of sp³-hybridized carbons (Fsp3) is 0.364. The average Bonchev–Trinajstić information content (AvgIpc) is 3.27. The lowest BCUT2D eigenvalue weighted by Gasteiger charge is -2.26. The second-order valence-electron chi connectivity index (χ2n) is 11.1. The molecule has 8 heteroatoms. The van der Waals surface area contributed by atoms with Crippen molar-refractivity contribution in [1.29, 1.82) is 0 Å². The Morgan fingerprint density at radius 1 is 0.902 bits per heavy atom. The van der Waals surface area contributed by atoms with Crippen molar-refractivity contribution in [2.45, 2.75) is 38.8 Å². The van der Waals surface area contributed by atoms with Gasteiger partial charge >= 0.3 is 12.1 Å². The van der Waals surface area contributed by atoms with Crippen LogP contribution >= 0.6 is 0 Å². The Morgan fingerprint density at radius 2 is 1.49 bits per heavy atom. The minimum Gasteiger partial charge on any atom is -0.481 e. The molecule has 41 heavy (non-hydrogen) atoms. The first-order chi connectivity index (χ1) is 19.7. The van der Waals surface area contributed by atoms with Crippen LogP contribution in [0.3, 0.4) is 0 Å². The van der Waals surface area contributed by atoms with Gasteiger partial charge < -0.3 is 20.5 Å². The summed E-state index contributed by atoms with van der Waals surface area (Å²) < 4.78 is 5.71. The molecular formula is C33H39N3O5. The van der Waals surface area contributed by atoms with Crippen LogP contribution in [-0.4, -0.2) is 60.8 Å². The Hall–Kier alpha value is -4.17. The highest BCUT2D eigenvalue weighted by Gasteiger charge is 2.30. The van der Waals surface area contributed by atoms with Crippen molar-refractivity contribution in [1.82, 2.24) is 15.5 Å². The highest BCUT2D eigenvalue weighted by molar-refractivity contribution is 5.86. The van der Waals surface area contributed by atoms with Crippen molar-refractivity contribution < 1.29 is 24.2 Å². The molecule has 0 bridgehead atoms. The smallest absolute Gasteiger partial charge is 0.407 e. The van der Waals surface area contributed by atoms with E-state index in [0.29, 0.717) is 6.54 Å². The summed E-state index contributed by atoms with van der Waals surface area (Å²) >= 11 is 0. The molecule has 2 unspecified atom stereocenters. The summed E-state index contributed by atoms with van der Waals surface area (Å²) in [5.74, 6) is -1.54. The number of alkyl carbamates (subject to hydrolysis) is 1. The number of benzene rings is 3. The number of fused-ring (bicyclic) bond motifs is 3. The number of carboxylic acids is 1. The second kappa shape index (κ2) is 13.9. The first-order valence-corrected chi connectivity index (χ1v) is 14.1. The maximum Gasteiger partial charge on any atom is 0.407 e. The summed E-state index contributed by atoms with van der Waals surface area (Å²) in [5.41, 5.74) is 5.57. The number of likely N-dealkylation sites (N-methyl/N-ethyl adjacent to an activating group) is 1. The molecule has 0 fully saturated rings. The molecule has 0 saturated carbocycles. The van der Waals surface area contributed by atoms with E-state index >= 15 is 0 Å². The third-order valence-corrected chi connectivity index (χ3v) is 7.66. The quantitative estimate of drug-likeness (QED) is 0.276. The summed E-state index contributed by atoms with van der Waals surface area (Å²) in [7, 11) is 1.88. The van der Waals surface area contributed by atoms with E-state index in [0.717, 1.165) is 27.8 Å². The summed E-state index contributed by atoms with van der Waals surface area (Å²) in [6.07, 6.45) is -0.720. The van der Waals surface area contributed by atoms with Crippen molar-refractivity contribution in [2.24, 2.45) is 11.8 Å². The standard InChI is InChI=1S/C33H39N3O5/c1-22(2)24(17-31(37)38)18-34-32(39)30(20-36(3)19-23-11-5-4-6-12-23)35-33(40)41-21-29-27-15-9-7-13-25(27)26-14-8-10-16-28(26)29/h4-16,22,24,29-30H,17-21H2,1-3H3,(H,34,39)(H,35,40)(H,37,38). The van der Waals surface area contributed by atoms with Crippen LogP contribution in [0.5, 0.6) is 0 Å². The predicted octanol–water partition coefficient (Wildman–Crippen LogP) is 4.89. The summed E-state index contributed by atoms with van der Waals surface area (Å²) in [6.45, 7) is 5.04. The van der Waals surface area contributed by atoms with Crippen molar-refractivity contribution in [3.8, 4) is 11.1 Å². The fourth-order valence-corrected chi connectivity index (χ4v) is 5.37. The summed E-state index contributed by atoms with van der Waals surface area (Å²) in [4.78, 5) is 39.6. The molecule has 0 heterocycles. The molecule has 3 aromatic carbocycles. The number of nitrogens with one attached hydrogen (secondary N) is 2. The van der Waals surface area contributed by atoms with E-state index < -0.39 is 18.1 Å². The van der Waals surface area contributed by atoms with E-state index in [4.69, 9.17) is 4.74 Å². The summed E-state index contributed by atoms with van der Waals surface area (Å²) in [6, 6.07) is 25.2. The van der Waals surface area contributed by atoms with Gasteiger partial charge in [0.1, 0.15) is 12.6 Å². The number of ether oxygens (including phenoxy) is 1. The van der Waals surface area contributed by atoms with Crippen LogP contribution in [0.1, 0.15) is 42.9 Å². The van der Waals surface area contributed by atoms with Gasteiger partial charge in [0.05, 0.1) is 6.42 Å². The molecule has 0 saturated heterocycles. The number of hydrogen-bond donors (Lipinski definition) is 3. The molecule has 0 spiro atoms. The van der Waals surface area contributed by atoms with Gasteiger partial charge in [-0.2, -0.15) is 0 Å². The number of carbonyl (C=O) groups excluding carboxylic acids is 2. The van der Waals surface area contributed by atoms with Crippen LogP contribution in [0.15, 0.2) is 78.9 Å². The van der Waals surface area contributed by atoms with Gasteiger partial charge in [-0.05, 0) is 46.7 Å². The number of hydrogen-bond acceptors (Lipinski definition) is 5. The first kappa shape index (κ1) is 29.8. The van der Waals surface area contributed by atoms with Gasteiger partial charge in [0, 0.05) is 25.6 Å². The van der Waals surface area contributed by atoms with Crippen LogP contribution in [0.2, 0.25) is 0 Å². The van der Waals surface area contributed by atoms with Crippen molar-refractivity contribution in [3.05, 3.63) is 95.6 Å². The van der Waals surface area contributed by atoms with Crippen LogP contribution < -0.4 is 10.6 Å². The normalized spacial score (nSPS) is 13.8. The highest BCUT2D eigenvalue weighted by Crippen LogP contribution is 2.44. The van der Waals surface area contributed by atoms with Crippen LogP contribution in [0.4, 0.5) is 4.79 Å². The molecule has 8 nitrogen and oxygen atoms in total. The second-order valence-corrected chi connectivity index (χ2v) is 11.1. The molecule has 3 N–H and O–H groups in total. The number of aliphatic carboxylic acids is 1. The number of carbonyl (C=O) groups is 3. The SMILES string of the molecule is CC(C)C(CNC(=O)C(CN(C)Cc1ccccc1)NC(=O)OCC1c2ccccc2-c2ccccc21)CC(=O)O. The summed E-state index contributed by atoms with van der Waals surface area (Å²) in [5, 5.41) is 14.9. The van der Waals surface area contributed by atoms with E-state index in [2.05, 4.69) is 34.9 Å². The van der Waals surface area contributed by atoms with E-state index in [1.165, 1.54) is 0 Å². The number of carboxylic acid groups (broad SMARTS) is 1. The van der Waals surface area contributed by atoms with E-state index in [1.54, 1.807) is 0 Å². The van der Waals surface area contributed by atoms with Crippen molar-refractivity contribution in [2.75, 3.05) is 26.7 Å². The van der Waals surface area contributed by atoms with Gasteiger partial charge in [-0.1, -0.05) is 92.7 Å². The number of amides is 2. The number of nitrogens with zero attached hydrogens (tertiary/aromatic N) is 1. The molecular weight excluding hydrogens is 518 g/mol. The molecule has 0 radical (unpaired) electrons. The van der Waals surface area contributed by atoms with E-state index in [9.17, 15) is 19.5 Å². The molecule has 4 rings (SSSR count). The van der Waals surface area contributed by atoms with E-state index in [1.807, 2.05) is 80.4 Å². The van der Waals surface area contributed by atoms with Crippen molar-refractivity contribution >= 4 is 18.0 Å². The lowest BCUT2D eigenvalue weighted by molar-refractivity contribution is -0.138. The molecule has 2 atom stereocenters. The third-order valence-electron chi connectivity index (χ3n) is 7.66. The van der Waals surface area contributed by atoms with Crippen molar-refractivity contribution in [3.63, 3.8) is 0 Å². The topological polar surface area (TPSA) is 108 Å². The zero-order chi connectivity index (χ0) is 29.4. The highest BCUT2D eigenvalue weighted by atomic mass is 16.5. The first-order valence-electron chi connectivity index (χ1n) is 14.1.